The summed E-state index contributed by atoms with van der Waals surface area (Å²) in [4.78, 5) is 22.7. The van der Waals surface area contributed by atoms with Gasteiger partial charge in [-0.3, -0.25) is 9.36 Å². The Kier molecular flexibility index (Phi) is 3.68. The van der Waals surface area contributed by atoms with Gasteiger partial charge in [-0.25, -0.2) is 4.98 Å². The second kappa shape index (κ2) is 5.69. The van der Waals surface area contributed by atoms with E-state index in [1.165, 1.54) is 42.5 Å². The van der Waals surface area contributed by atoms with Gasteiger partial charge in [0.05, 0.1) is 5.39 Å². The number of aromatic nitrogens is 2. The Bertz CT molecular complexity index is 755. The summed E-state index contributed by atoms with van der Waals surface area (Å²) in [5, 5.41) is 0.919. The maximum absolute atomic E-state index is 13.1. The lowest BCUT2D eigenvalue weighted by Crippen LogP contribution is -2.36. The number of hydrogen-bond donors (Lipinski definition) is 0. The van der Waals surface area contributed by atoms with E-state index in [2.05, 4.69) is 11.8 Å². The van der Waals surface area contributed by atoms with Crippen molar-refractivity contribution in [1.29, 1.82) is 0 Å². The minimum absolute atomic E-state index is 0.187. The van der Waals surface area contributed by atoms with Gasteiger partial charge in [-0.1, -0.05) is 0 Å². The molecule has 5 heteroatoms. The summed E-state index contributed by atoms with van der Waals surface area (Å²) in [6, 6.07) is 0. The summed E-state index contributed by atoms with van der Waals surface area (Å²) in [7, 11) is 0. The molecule has 0 aromatic carbocycles. The molecule has 1 aliphatic carbocycles. The molecule has 3 heterocycles. The van der Waals surface area contributed by atoms with E-state index in [0.29, 0.717) is 6.54 Å². The highest BCUT2D eigenvalue weighted by molar-refractivity contribution is 7.18. The minimum atomic E-state index is 0.187. The van der Waals surface area contributed by atoms with Crippen molar-refractivity contribution < 1.29 is 0 Å². The van der Waals surface area contributed by atoms with Crippen molar-refractivity contribution in [2.75, 3.05) is 18.0 Å². The van der Waals surface area contributed by atoms with Gasteiger partial charge in [0.15, 0.2) is 0 Å². The van der Waals surface area contributed by atoms with Gasteiger partial charge in [-0.15, -0.1) is 11.3 Å². The van der Waals surface area contributed by atoms with Crippen LogP contribution in [0.5, 0.6) is 0 Å². The van der Waals surface area contributed by atoms with Crippen molar-refractivity contribution in [3.63, 3.8) is 0 Å². The van der Waals surface area contributed by atoms with Gasteiger partial charge in [-0.2, -0.15) is 0 Å². The Hall–Kier alpha value is -1.36. The second-order valence-corrected chi connectivity index (χ2v) is 7.48. The molecule has 0 bridgehead atoms. The first-order valence-electron chi connectivity index (χ1n) is 8.59. The molecular weight excluding hydrogens is 294 g/mol. The fraction of sp³-hybridized carbons (Fsp3) is 0.647. The maximum Gasteiger partial charge on any atom is 0.263 e. The zero-order chi connectivity index (χ0) is 15.1. The van der Waals surface area contributed by atoms with E-state index in [1.54, 1.807) is 11.3 Å². The Morgan fingerprint density at radius 3 is 2.64 bits per heavy atom. The standard InChI is InChI=1S/C17H23N3OS/c1-2-20-16(21)14-12-8-4-5-9-13(12)22-15(14)18-17(20)19-10-6-3-7-11-19/h2-11H2,1H3. The third-order valence-corrected chi connectivity index (χ3v) is 6.20. The van der Waals surface area contributed by atoms with Gasteiger partial charge < -0.3 is 4.90 Å². The van der Waals surface area contributed by atoms with E-state index in [0.717, 1.165) is 42.1 Å². The average Bonchev–Trinajstić information content (AvgIpc) is 2.94. The predicted molar refractivity (Wildman–Crippen MR) is 92.3 cm³/mol. The maximum atomic E-state index is 13.1. The lowest BCUT2D eigenvalue weighted by atomic mass is 9.97. The van der Waals surface area contributed by atoms with Gasteiger partial charge in [0.1, 0.15) is 4.83 Å². The molecule has 1 saturated heterocycles. The fourth-order valence-electron chi connectivity index (χ4n) is 3.85. The molecule has 0 unspecified atom stereocenters. The molecule has 0 radical (unpaired) electrons. The number of fused-ring (bicyclic) bond motifs is 3. The van der Waals surface area contributed by atoms with Gasteiger partial charge in [0, 0.05) is 24.5 Å². The summed E-state index contributed by atoms with van der Waals surface area (Å²) < 4.78 is 1.90. The van der Waals surface area contributed by atoms with Crippen LogP contribution in [0.1, 0.15) is 49.5 Å². The van der Waals surface area contributed by atoms with E-state index in [9.17, 15) is 4.79 Å². The molecule has 4 rings (SSSR count). The highest BCUT2D eigenvalue weighted by atomic mass is 32.1. The summed E-state index contributed by atoms with van der Waals surface area (Å²) >= 11 is 1.76. The van der Waals surface area contributed by atoms with Crippen molar-refractivity contribution in [1.82, 2.24) is 9.55 Å². The third kappa shape index (κ3) is 2.18. The average molecular weight is 317 g/mol. The van der Waals surface area contributed by atoms with Crippen LogP contribution in [-0.4, -0.2) is 22.6 Å². The van der Waals surface area contributed by atoms with Gasteiger partial charge in [0.25, 0.3) is 5.56 Å². The van der Waals surface area contributed by atoms with E-state index in [1.807, 2.05) is 4.57 Å². The minimum Gasteiger partial charge on any atom is -0.342 e. The number of thiophene rings is 1. The van der Waals surface area contributed by atoms with Crippen LogP contribution in [0.4, 0.5) is 5.95 Å². The zero-order valence-electron chi connectivity index (χ0n) is 13.2. The molecule has 1 fully saturated rings. The molecule has 118 valence electrons. The number of hydrogen-bond acceptors (Lipinski definition) is 4. The molecule has 1 aliphatic heterocycles. The zero-order valence-corrected chi connectivity index (χ0v) is 14.0. The predicted octanol–water partition coefficient (Wildman–Crippen LogP) is 3.35. The summed E-state index contributed by atoms with van der Waals surface area (Å²) in [6.07, 6.45) is 8.35. The largest absolute Gasteiger partial charge is 0.342 e. The lowest BCUT2D eigenvalue weighted by Gasteiger charge is -2.29. The van der Waals surface area contributed by atoms with Crippen molar-refractivity contribution in [2.45, 2.75) is 58.4 Å². The van der Waals surface area contributed by atoms with Crippen LogP contribution >= 0.6 is 11.3 Å². The third-order valence-electron chi connectivity index (χ3n) is 5.01. The summed E-state index contributed by atoms with van der Waals surface area (Å²) in [5.74, 6) is 0.901. The first-order chi connectivity index (χ1) is 10.8. The molecule has 0 amide bonds. The van der Waals surface area contributed by atoms with Crippen LogP contribution in [0.15, 0.2) is 4.79 Å². The molecular formula is C17H23N3OS. The van der Waals surface area contributed by atoms with E-state index < -0.39 is 0 Å². The second-order valence-electron chi connectivity index (χ2n) is 6.40. The van der Waals surface area contributed by atoms with Crippen LogP contribution in [0, 0.1) is 0 Å². The van der Waals surface area contributed by atoms with Gasteiger partial charge >= 0.3 is 0 Å². The van der Waals surface area contributed by atoms with Crippen LogP contribution in [0.25, 0.3) is 10.2 Å². The quantitative estimate of drug-likeness (QED) is 0.852. The molecule has 0 saturated carbocycles. The Morgan fingerprint density at radius 1 is 1.09 bits per heavy atom. The van der Waals surface area contributed by atoms with Crippen LogP contribution < -0.4 is 10.5 Å². The van der Waals surface area contributed by atoms with Crippen LogP contribution in [-0.2, 0) is 19.4 Å². The van der Waals surface area contributed by atoms with Crippen LogP contribution in [0.2, 0.25) is 0 Å². The molecule has 4 nitrogen and oxygen atoms in total. The first-order valence-corrected chi connectivity index (χ1v) is 9.41. The van der Waals surface area contributed by atoms with Crippen LogP contribution in [0.3, 0.4) is 0 Å². The lowest BCUT2D eigenvalue weighted by molar-refractivity contribution is 0.550. The Morgan fingerprint density at radius 2 is 1.86 bits per heavy atom. The van der Waals surface area contributed by atoms with Crippen molar-refractivity contribution in [3.8, 4) is 0 Å². The fourth-order valence-corrected chi connectivity index (χ4v) is 5.10. The number of nitrogens with zero attached hydrogens (tertiary/aromatic N) is 3. The molecule has 2 aromatic heterocycles. The highest BCUT2D eigenvalue weighted by Gasteiger charge is 2.24. The molecule has 2 aromatic rings. The molecule has 0 spiro atoms. The molecule has 0 atom stereocenters. The monoisotopic (exact) mass is 317 g/mol. The normalized spacial score (nSPS) is 18.7. The van der Waals surface area contributed by atoms with E-state index >= 15 is 0 Å². The van der Waals surface area contributed by atoms with Gasteiger partial charge in [0.2, 0.25) is 5.95 Å². The molecule has 22 heavy (non-hydrogen) atoms. The Labute approximate surface area is 134 Å². The number of aryl methyl sites for hydroxylation is 2. The van der Waals surface area contributed by atoms with Crippen molar-refractivity contribution in [2.24, 2.45) is 0 Å². The highest BCUT2D eigenvalue weighted by Crippen LogP contribution is 2.34. The van der Waals surface area contributed by atoms with Gasteiger partial charge in [-0.05, 0) is 57.4 Å². The SMILES string of the molecule is CCn1c(N2CCCCC2)nc2sc3c(c2c1=O)CCCC3. The molecule has 2 aliphatic rings. The number of rotatable bonds is 2. The van der Waals surface area contributed by atoms with E-state index in [-0.39, 0.29) is 5.56 Å². The molecule has 0 N–H and O–H groups in total. The summed E-state index contributed by atoms with van der Waals surface area (Å²) in [5.41, 5.74) is 1.49. The first kappa shape index (κ1) is 14.2. The topological polar surface area (TPSA) is 38.1 Å². The number of piperidine rings is 1. The number of anilines is 1. The summed E-state index contributed by atoms with van der Waals surface area (Å²) in [6.45, 7) is 4.82. The van der Waals surface area contributed by atoms with Crippen molar-refractivity contribution in [3.05, 3.63) is 20.8 Å². The van der Waals surface area contributed by atoms with Crippen molar-refractivity contribution >= 4 is 27.5 Å². The van der Waals surface area contributed by atoms with E-state index in [4.69, 9.17) is 4.98 Å². The smallest absolute Gasteiger partial charge is 0.263 e. The Balaban J connectivity index is 1.92.